The number of pyridine rings is 1. The van der Waals surface area contributed by atoms with Crippen molar-refractivity contribution in [1.29, 1.82) is 0 Å². The molecule has 1 aromatic heterocycles. The first-order chi connectivity index (χ1) is 14.6. The summed E-state index contributed by atoms with van der Waals surface area (Å²) in [6, 6.07) is 14.7. The lowest BCUT2D eigenvalue weighted by Gasteiger charge is -2.10. The normalized spacial score (nSPS) is 10.5. The molecule has 8 heteroatoms. The summed E-state index contributed by atoms with van der Waals surface area (Å²) < 4.78 is 15.9. The zero-order valence-corrected chi connectivity index (χ0v) is 16.4. The van der Waals surface area contributed by atoms with Crippen molar-refractivity contribution >= 4 is 18.1 Å². The second-order valence-electron chi connectivity index (χ2n) is 5.97. The van der Waals surface area contributed by atoms with Crippen LogP contribution < -0.4 is 19.6 Å². The lowest BCUT2D eigenvalue weighted by atomic mass is 10.2. The monoisotopic (exact) mass is 405 g/mol. The summed E-state index contributed by atoms with van der Waals surface area (Å²) in [7, 11) is 2.98. The van der Waals surface area contributed by atoms with Gasteiger partial charge in [0.25, 0.3) is 5.91 Å². The average molecular weight is 405 g/mol. The SMILES string of the molecule is COc1cccc(C(=O)Oc2ccc(/C=N/NC(=O)c3ccncc3)cc2OC)c1. The minimum atomic E-state index is -0.543. The van der Waals surface area contributed by atoms with Gasteiger partial charge in [0.2, 0.25) is 0 Å². The summed E-state index contributed by atoms with van der Waals surface area (Å²) in [5.74, 6) is 0.249. The Bertz CT molecular complexity index is 1070. The molecule has 0 unspecified atom stereocenters. The van der Waals surface area contributed by atoms with E-state index < -0.39 is 5.97 Å². The predicted octanol–water partition coefficient (Wildman–Crippen LogP) is 3.08. The molecular formula is C22H19N3O5. The van der Waals surface area contributed by atoms with E-state index in [2.05, 4.69) is 15.5 Å². The first kappa shape index (κ1) is 20.5. The summed E-state index contributed by atoms with van der Waals surface area (Å²) in [5, 5.41) is 3.93. The molecule has 1 N–H and O–H groups in total. The van der Waals surface area contributed by atoms with E-state index >= 15 is 0 Å². The highest BCUT2D eigenvalue weighted by Gasteiger charge is 2.13. The maximum absolute atomic E-state index is 12.4. The molecule has 3 rings (SSSR count). The summed E-state index contributed by atoms with van der Waals surface area (Å²) >= 11 is 0. The summed E-state index contributed by atoms with van der Waals surface area (Å²) in [6.07, 6.45) is 4.50. The number of carbonyl (C=O) groups is 2. The fraction of sp³-hybridized carbons (Fsp3) is 0.0909. The van der Waals surface area contributed by atoms with Crippen molar-refractivity contribution in [3.8, 4) is 17.2 Å². The quantitative estimate of drug-likeness (QED) is 0.281. The van der Waals surface area contributed by atoms with Crippen LogP contribution in [-0.2, 0) is 0 Å². The van der Waals surface area contributed by atoms with Crippen LogP contribution in [0, 0.1) is 0 Å². The Labute approximate surface area is 173 Å². The number of methoxy groups -OCH3 is 2. The van der Waals surface area contributed by atoms with Crippen LogP contribution in [0.25, 0.3) is 0 Å². The van der Waals surface area contributed by atoms with E-state index in [-0.39, 0.29) is 11.7 Å². The minimum absolute atomic E-state index is 0.253. The third-order valence-corrected chi connectivity index (χ3v) is 4.02. The second-order valence-corrected chi connectivity index (χ2v) is 5.97. The van der Waals surface area contributed by atoms with Gasteiger partial charge in [0.1, 0.15) is 5.75 Å². The molecule has 1 heterocycles. The van der Waals surface area contributed by atoms with E-state index in [4.69, 9.17) is 14.2 Å². The first-order valence-electron chi connectivity index (χ1n) is 8.88. The molecule has 2 aromatic carbocycles. The van der Waals surface area contributed by atoms with Crippen LogP contribution in [0.1, 0.15) is 26.3 Å². The van der Waals surface area contributed by atoms with Crippen molar-refractivity contribution in [2.45, 2.75) is 0 Å². The van der Waals surface area contributed by atoms with Gasteiger partial charge in [-0.15, -0.1) is 0 Å². The van der Waals surface area contributed by atoms with Crippen molar-refractivity contribution in [1.82, 2.24) is 10.4 Å². The highest BCUT2D eigenvalue weighted by Crippen LogP contribution is 2.28. The number of rotatable bonds is 7. The van der Waals surface area contributed by atoms with Gasteiger partial charge < -0.3 is 14.2 Å². The van der Waals surface area contributed by atoms with Gasteiger partial charge in [0.05, 0.1) is 26.0 Å². The molecule has 0 atom stereocenters. The van der Waals surface area contributed by atoms with Crippen LogP contribution in [-0.4, -0.2) is 37.3 Å². The molecule has 30 heavy (non-hydrogen) atoms. The van der Waals surface area contributed by atoms with Gasteiger partial charge in [0, 0.05) is 18.0 Å². The molecule has 0 aliphatic carbocycles. The number of esters is 1. The maximum Gasteiger partial charge on any atom is 0.343 e. The van der Waals surface area contributed by atoms with Gasteiger partial charge in [-0.2, -0.15) is 5.10 Å². The van der Waals surface area contributed by atoms with Crippen molar-refractivity contribution in [2.75, 3.05) is 14.2 Å². The van der Waals surface area contributed by atoms with Crippen molar-refractivity contribution in [3.05, 3.63) is 83.7 Å². The highest BCUT2D eigenvalue weighted by atomic mass is 16.6. The fourth-order valence-corrected chi connectivity index (χ4v) is 2.49. The smallest absolute Gasteiger partial charge is 0.343 e. The van der Waals surface area contributed by atoms with Crippen molar-refractivity contribution in [3.63, 3.8) is 0 Å². The van der Waals surface area contributed by atoms with Crippen LogP contribution in [0.3, 0.4) is 0 Å². The number of benzene rings is 2. The molecule has 0 bridgehead atoms. The number of aromatic nitrogens is 1. The number of hydrazone groups is 1. The van der Waals surface area contributed by atoms with Gasteiger partial charge in [-0.25, -0.2) is 10.2 Å². The largest absolute Gasteiger partial charge is 0.497 e. The minimum Gasteiger partial charge on any atom is -0.497 e. The Morgan fingerprint density at radius 2 is 1.73 bits per heavy atom. The zero-order chi connectivity index (χ0) is 21.3. The Balaban J connectivity index is 1.68. The van der Waals surface area contributed by atoms with E-state index in [0.29, 0.717) is 28.2 Å². The summed E-state index contributed by atoms with van der Waals surface area (Å²) in [4.78, 5) is 28.2. The summed E-state index contributed by atoms with van der Waals surface area (Å²) in [5.41, 5.74) is 3.86. The lowest BCUT2D eigenvalue weighted by molar-refractivity contribution is 0.0729. The predicted molar refractivity (Wildman–Crippen MR) is 110 cm³/mol. The van der Waals surface area contributed by atoms with E-state index in [1.165, 1.54) is 32.8 Å². The number of ether oxygens (including phenoxy) is 3. The molecule has 0 spiro atoms. The Morgan fingerprint density at radius 1 is 0.933 bits per heavy atom. The molecule has 0 aliphatic rings. The lowest BCUT2D eigenvalue weighted by Crippen LogP contribution is -2.17. The third-order valence-electron chi connectivity index (χ3n) is 4.02. The maximum atomic E-state index is 12.4. The van der Waals surface area contributed by atoms with Gasteiger partial charge >= 0.3 is 5.97 Å². The van der Waals surface area contributed by atoms with Gasteiger partial charge in [-0.1, -0.05) is 6.07 Å². The standard InChI is InChI=1S/C22H19N3O5/c1-28-18-5-3-4-17(13-18)22(27)30-19-7-6-15(12-20(19)29-2)14-24-25-21(26)16-8-10-23-11-9-16/h3-14H,1-2H3,(H,25,26)/b24-14+. The summed E-state index contributed by atoms with van der Waals surface area (Å²) in [6.45, 7) is 0. The van der Waals surface area contributed by atoms with Crippen molar-refractivity contribution in [2.24, 2.45) is 5.10 Å². The van der Waals surface area contributed by atoms with Crippen LogP contribution in [0.4, 0.5) is 0 Å². The third kappa shape index (κ3) is 5.20. The van der Waals surface area contributed by atoms with Crippen LogP contribution >= 0.6 is 0 Å². The molecule has 0 aliphatic heterocycles. The molecule has 0 saturated heterocycles. The number of hydrogen-bond donors (Lipinski definition) is 1. The molecule has 152 valence electrons. The van der Waals surface area contributed by atoms with E-state index in [9.17, 15) is 9.59 Å². The van der Waals surface area contributed by atoms with Crippen molar-refractivity contribution < 1.29 is 23.8 Å². The second kappa shape index (κ2) is 9.83. The van der Waals surface area contributed by atoms with E-state index in [1.807, 2.05) is 0 Å². The van der Waals surface area contributed by atoms with Crippen LogP contribution in [0.2, 0.25) is 0 Å². The number of nitrogens with one attached hydrogen (secondary N) is 1. The Kier molecular flexibility index (Phi) is 6.73. The number of hydrogen-bond acceptors (Lipinski definition) is 7. The number of carbonyl (C=O) groups excluding carboxylic acids is 2. The Hall–Kier alpha value is -4.20. The fourth-order valence-electron chi connectivity index (χ4n) is 2.49. The van der Waals surface area contributed by atoms with Crippen LogP contribution in [0.15, 0.2) is 72.1 Å². The topological polar surface area (TPSA) is 99.1 Å². The van der Waals surface area contributed by atoms with E-state index in [1.54, 1.807) is 54.6 Å². The molecule has 0 radical (unpaired) electrons. The molecule has 3 aromatic rings. The van der Waals surface area contributed by atoms with Gasteiger partial charge in [-0.3, -0.25) is 9.78 Å². The Morgan fingerprint density at radius 3 is 2.47 bits per heavy atom. The molecule has 0 saturated carbocycles. The molecule has 0 fully saturated rings. The molecule has 8 nitrogen and oxygen atoms in total. The van der Waals surface area contributed by atoms with Gasteiger partial charge in [-0.05, 0) is 54.1 Å². The zero-order valence-electron chi connectivity index (χ0n) is 16.4. The average Bonchev–Trinajstić information content (AvgIpc) is 2.80. The van der Waals surface area contributed by atoms with Gasteiger partial charge in [0.15, 0.2) is 11.5 Å². The van der Waals surface area contributed by atoms with Crippen LogP contribution in [0.5, 0.6) is 17.2 Å². The number of amides is 1. The first-order valence-corrected chi connectivity index (χ1v) is 8.88. The number of nitrogens with zero attached hydrogens (tertiary/aromatic N) is 2. The van der Waals surface area contributed by atoms with E-state index in [0.717, 1.165) is 0 Å². The molecule has 1 amide bonds. The molecular weight excluding hydrogens is 386 g/mol. The highest BCUT2D eigenvalue weighted by molar-refractivity contribution is 5.95.